The molecule has 0 bridgehead atoms. The molecule has 0 spiro atoms. The van der Waals surface area contributed by atoms with Crippen LogP contribution in [0, 0.1) is 0 Å². The van der Waals surface area contributed by atoms with Gasteiger partial charge in [-0.3, -0.25) is 0 Å². The summed E-state index contributed by atoms with van der Waals surface area (Å²) in [5.74, 6) is -0.750. The number of aliphatic hydroxyl groups excluding tert-OH is 1. The van der Waals surface area contributed by atoms with E-state index in [1.807, 2.05) is 11.0 Å². The van der Waals surface area contributed by atoms with Gasteiger partial charge in [-0.15, -0.1) is 13.2 Å². The number of fused-ring (bicyclic) bond motifs is 1. The van der Waals surface area contributed by atoms with E-state index >= 15 is 0 Å². The molecule has 1 aromatic rings. The van der Waals surface area contributed by atoms with Crippen LogP contribution in [0.15, 0.2) is 49.1 Å². The predicted octanol–water partition coefficient (Wildman–Crippen LogP) is 2.04. The second-order valence-electron chi connectivity index (χ2n) is 4.58. The van der Waals surface area contributed by atoms with Crippen LogP contribution in [0.3, 0.4) is 0 Å². The Balaban J connectivity index is 2.36. The summed E-state index contributed by atoms with van der Waals surface area (Å²) in [5.41, 5.74) is 1.33. The Kier molecular flexibility index (Phi) is 4.45. The topological polar surface area (TPSA) is 70.0 Å². The third kappa shape index (κ3) is 3.14. The van der Waals surface area contributed by atoms with Crippen molar-refractivity contribution in [1.82, 2.24) is 0 Å². The molecular formula is C16H17NO4. The number of carboxylic acid groups (broad SMARTS) is 1. The Morgan fingerprint density at radius 1 is 1.33 bits per heavy atom. The van der Waals surface area contributed by atoms with Gasteiger partial charge < -0.3 is 19.8 Å². The highest BCUT2D eigenvalue weighted by Gasteiger charge is 2.25. The van der Waals surface area contributed by atoms with Crippen LogP contribution in [-0.2, 0) is 4.79 Å². The SMILES string of the molecule is C=CCN(CC=C)c1ccc2c(c1)OC(O)C(C(=O)O)=C2. The maximum atomic E-state index is 11.0. The minimum Gasteiger partial charge on any atom is -0.478 e. The fourth-order valence-electron chi connectivity index (χ4n) is 2.13. The molecule has 21 heavy (non-hydrogen) atoms. The molecule has 1 heterocycles. The molecule has 5 heteroatoms. The number of benzene rings is 1. The first kappa shape index (κ1) is 14.9. The van der Waals surface area contributed by atoms with Crippen molar-refractivity contribution in [2.45, 2.75) is 6.29 Å². The van der Waals surface area contributed by atoms with Gasteiger partial charge in [0, 0.05) is 30.4 Å². The molecule has 5 nitrogen and oxygen atoms in total. The molecule has 1 aliphatic heterocycles. The number of ether oxygens (including phenoxy) is 1. The smallest absolute Gasteiger partial charge is 0.337 e. The van der Waals surface area contributed by atoms with Crippen LogP contribution in [-0.4, -0.2) is 35.6 Å². The predicted molar refractivity (Wildman–Crippen MR) is 81.3 cm³/mol. The van der Waals surface area contributed by atoms with E-state index in [2.05, 4.69) is 13.2 Å². The summed E-state index contributed by atoms with van der Waals surface area (Å²) in [4.78, 5) is 13.0. The van der Waals surface area contributed by atoms with Crippen molar-refractivity contribution in [3.8, 4) is 5.75 Å². The van der Waals surface area contributed by atoms with Gasteiger partial charge in [0.15, 0.2) is 0 Å². The molecule has 0 radical (unpaired) electrons. The molecule has 0 fully saturated rings. The number of aliphatic hydroxyl groups is 1. The maximum Gasteiger partial charge on any atom is 0.337 e. The second kappa shape index (κ2) is 6.28. The van der Waals surface area contributed by atoms with Crippen LogP contribution in [0.4, 0.5) is 5.69 Å². The number of nitrogens with zero attached hydrogens (tertiary/aromatic N) is 1. The normalized spacial score (nSPS) is 16.2. The minimum atomic E-state index is -1.46. The van der Waals surface area contributed by atoms with Crippen molar-refractivity contribution in [3.05, 3.63) is 54.6 Å². The van der Waals surface area contributed by atoms with Crippen LogP contribution in [0.5, 0.6) is 5.75 Å². The van der Waals surface area contributed by atoms with Crippen LogP contribution < -0.4 is 9.64 Å². The molecular weight excluding hydrogens is 270 g/mol. The van der Waals surface area contributed by atoms with E-state index in [0.29, 0.717) is 24.4 Å². The van der Waals surface area contributed by atoms with Crippen LogP contribution in [0.1, 0.15) is 5.56 Å². The summed E-state index contributed by atoms with van der Waals surface area (Å²) >= 11 is 0. The maximum absolute atomic E-state index is 11.0. The monoisotopic (exact) mass is 287 g/mol. The number of hydrogen-bond acceptors (Lipinski definition) is 4. The van der Waals surface area contributed by atoms with Gasteiger partial charge in [0.25, 0.3) is 0 Å². The van der Waals surface area contributed by atoms with Gasteiger partial charge in [0.1, 0.15) is 11.3 Å². The first-order valence-corrected chi connectivity index (χ1v) is 6.47. The summed E-state index contributed by atoms with van der Waals surface area (Å²) in [6.07, 6.45) is 3.51. The van der Waals surface area contributed by atoms with Crippen molar-refractivity contribution >= 4 is 17.7 Å². The van der Waals surface area contributed by atoms with Crippen LogP contribution in [0.2, 0.25) is 0 Å². The highest BCUT2D eigenvalue weighted by atomic mass is 16.6. The molecule has 1 unspecified atom stereocenters. The number of carboxylic acids is 1. The Labute approximate surface area is 123 Å². The van der Waals surface area contributed by atoms with E-state index in [1.165, 1.54) is 6.08 Å². The Morgan fingerprint density at radius 2 is 2.00 bits per heavy atom. The van der Waals surface area contributed by atoms with Crippen molar-refractivity contribution in [1.29, 1.82) is 0 Å². The molecule has 0 aromatic heterocycles. The molecule has 0 saturated heterocycles. The molecule has 2 N–H and O–H groups in total. The highest BCUT2D eigenvalue weighted by Crippen LogP contribution is 2.32. The van der Waals surface area contributed by atoms with E-state index in [9.17, 15) is 9.90 Å². The Bertz CT molecular complexity index is 596. The largest absolute Gasteiger partial charge is 0.478 e. The lowest BCUT2D eigenvalue weighted by Gasteiger charge is -2.25. The van der Waals surface area contributed by atoms with Crippen molar-refractivity contribution in [3.63, 3.8) is 0 Å². The lowest BCUT2D eigenvalue weighted by atomic mass is 10.1. The van der Waals surface area contributed by atoms with Crippen molar-refractivity contribution in [2.24, 2.45) is 0 Å². The van der Waals surface area contributed by atoms with Crippen LogP contribution in [0.25, 0.3) is 6.08 Å². The molecule has 0 saturated carbocycles. The molecule has 1 aliphatic rings. The second-order valence-corrected chi connectivity index (χ2v) is 4.58. The summed E-state index contributed by atoms with van der Waals surface area (Å²) < 4.78 is 5.28. The van der Waals surface area contributed by atoms with Gasteiger partial charge in [-0.05, 0) is 18.2 Å². The fraction of sp³-hybridized carbons (Fsp3) is 0.188. The number of anilines is 1. The number of rotatable bonds is 6. The standard InChI is InChI=1S/C16H17NO4/c1-3-7-17(8-4-2)12-6-5-11-9-13(15(18)19)16(20)21-14(11)10-12/h3-6,9-10,16,20H,1-2,7-8H2,(H,18,19). The quantitative estimate of drug-likeness (QED) is 0.784. The molecule has 0 amide bonds. The number of hydrogen-bond donors (Lipinski definition) is 2. The summed E-state index contributed by atoms with van der Waals surface area (Å²) in [6, 6.07) is 5.39. The van der Waals surface area contributed by atoms with E-state index in [1.54, 1.807) is 24.3 Å². The molecule has 0 aliphatic carbocycles. The van der Waals surface area contributed by atoms with E-state index < -0.39 is 12.3 Å². The van der Waals surface area contributed by atoms with E-state index in [0.717, 1.165) is 5.69 Å². The van der Waals surface area contributed by atoms with Crippen molar-refractivity contribution in [2.75, 3.05) is 18.0 Å². The van der Waals surface area contributed by atoms with Gasteiger partial charge in [-0.25, -0.2) is 4.79 Å². The van der Waals surface area contributed by atoms with Gasteiger partial charge >= 0.3 is 5.97 Å². The zero-order valence-electron chi connectivity index (χ0n) is 11.5. The number of aliphatic carboxylic acids is 1. The fourth-order valence-corrected chi connectivity index (χ4v) is 2.13. The molecule has 1 atom stereocenters. The van der Waals surface area contributed by atoms with Gasteiger partial charge in [0.05, 0.1) is 0 Å². The zero-order chi connectivity index (χ0) is 15.4. The highest BCUT2D eigenvalue weighted by molar-refractivity contribution is 5.94. The Morgan fingerprint density at radius 3 is 2.57 bits per heavy atom. The third-order valence-corrected chi connectivity index (χ3v) is 3.12. The number of carbonyl (C=O) groups is 1. The first-order valence-electron chi connectivity index (χ1n) is 6.47. The van der Waals surface area contributed by atoms with Crippen LogP contribution >= 0.6 is 0 Å². The molecule has 1 aromatic carbocycles. The lowest BCUT2D eigenvalue weighted by Crippen LogP contribution is -2.27. The summed E-state index contributed by atoms with van der Waals surface area (Å²) in [7, 11) is 0. The average Bonchev–Trinajstić information content (AvgIpc) is 2.45. The van der Waals surface area contributed by atoms with Gasteiger partial charge in [-0.2, -0.15) is 0 Å². The van der Waals surface area contributed by atoms with E-state index in [4.69, 9.17) is 9.84 Å². The Hall–Kier alpha value is -2.53. The average molecular weight is 287 g/mol. The van der Waals surface area contributed by atoms with Gasteiger partial charge in [0.2, 0.25) is 6.29 Å². The summed E-state index contributed by atoms with van der Waals surface area (Å²) in [6.45, 7) is 8.72. The van der Waals surface area contributed by atoms with E-state index in [-0.39, 0.29) is 5.57 Å². The first-order chi connectivity index (χ1) is 10.1. The van der Waals surface area contributed by atoms with Gasteiger partial charge in [-0.1, -0.05) is 12.2 Å². The van der Waals surface area contributed by atoms with Crippen molar-refractivity contribution < 1.29 is 19.7 Å². The zero-order valence-corrected chi connectivity index (χ0v) is 11.5. The lowest BCUT2D eigenvalue weighted by molar-refractivity contribution is -0.135. The minimum absolute atomic E-state index is 0.177. The molecule has 110 valence electrons. The molecule has 2 rings (SSSR count). The third-order valence-electron chi connectivity index (χ3n) is 3.12. The summed E-state index contributed by atoms with van der Waals surface area (Å²) in [5, 5.41) is 18.7.